The minimum absolute atomic E-state index is 0.803. The summed E-state index contributed by atoms with van der Waals surface area (Å²) in [7, 11) is 0. The average Bonchev–Trinajstić information content (AvgIpc) is 3.86. The fourth-order valence-electron chi connectivity index (χ4n) is 8.08. The van der Waals surface area contributed by atoms with Crippen LogP contribution in [0.3, 0.4) is 0 Å². The van der Waals surface area contributed by atoms with Gasteiger partial charge in [0.05, 0.1) is 0 Å². The minimum Gasteiger partial charge on any atom is -0.457 e. The van der Waals surface area contributed by atoms with Crippen LogP contribution in [0.2, 0.25) is 0 Å². The van der Waals surface area contributed by atoms with Crippen LogP contribution >= 0.6 is 0 Å². The third-order valence-electron chi connectivity index (χ3n) is 10.9. The molecule has 0 amide bonds. The molecule has 0 aliphatic heterocycles. The number of benzene rings is 9. The van der Waals surface area contributed by atoms with E-state index in [0.29, 0.717) is 0 Å². The Hall–Kier alpha value is -7.82. The van der Waals surface area contributed by atoms with E-state index in [0.717, 1.165) is 106 Å². The number of furan rings is 2. The lowest BCUT2D eigenvalue weighted by Gasteiger charge is -2.26. The highest BCUT2D eigenvalue weighted by molar-refractivity contribution is 6.10. The largest absolute Gasteiger partial charge is 0.457 e. The van der Waals surface area contributed by atoms with Gasteiger partial charge in [0.2, 0.25) is 0 Å². The number of hydrogen-bond acceptors (Lipinski definition) is 4. The zero-order valence-electron chi connectivity index (χ0n) is 31.4. The molecule has 0 unspecified atom stereocenters. The SMILES string of the molecule is c1ccc(Oc2ccc(-c3ccc(N(c4ccc(-c5cccc6c5oc5ccccc56)cc4)c4cccc(-c5ccc6oc7ccccc7c6c5)c4)cc3)cc2)cc1. The fourth-order valence-corrected chi connectivity index (χ4v) is 8.08. The first-order valence-corrected chi connectivity index (χ1v) is 19.5. The Labute approximate surface area is 335 Å². The monoisotopic (exact) mass is 745 g/mol. The van der Waals surface area contributed by atoms with E-state index in [1.807, 2.05) is 66.7 Å². The van der Waals surface area contributed by atoms with Gasteiger partial charge in [-0.15, -0.1) is 0 Å². The Morgan fingerprint density at radius 2 is 0.845 bits per heavy atom. The van der Waals surface area contributed by atoms with Crippen molar-refractivity contribution in [2.45, 2.75) is 0 Å². The highest BCUT2D eigenvalue weighted by Crippen LogP contribution is 2.41. The van der Waals surface area contributed by atoms with Crippen LogP contribution < -0.4 is 9.64 Å². The summed E-state index contributed by atoms with van der Waals surface area (Å²) in [6.45, 7) is 0. The first-order valence-electron chi connectivity index (χ1n) is 19.5. The Bertz CT molecular complexity index is 3230. The van der Waals surface area contributed by atoms with Gasteiger partial charge in [-0.1, -0.05) is 127 Å². The molecule has 2 aromatic heterocycles. The van der Waals surface area contributed by atoms with Crippen LogP contribution in [0.1, 0.15) is 0 Å². The molecular weight excluding hydrogens is 711 g/mol. The van der Waals surface area contributed by atoms with E-state index in [2.05, 4.69) is 150 Å². The van der Waals surface area contributed by atoms with Crippen molar-refractivity contribution in [3.05, 3.63) is 212 Å². The van der Waals surface area contributed by atoms with Crippen LogP contribution in [0.4, 0.5) is 17.1 Å². The molecule has 274 valence electrons. The van der Waals surface area contributed by atoms with E-state index >= 15 is 0 Å². The second kappa shape index (κ2) is 14.0. The predicted octanol–water partition coefficient (Wildman–Crippen LogP) is 15.7. The summed E-state index contributed by atoms with van der Waals surface area (Å²) in [4.78, 5) is 2.32. The van der Waals surface area contributed by atoms with Crippen molar-refractivity contribution < 1.29 is 13.6 Å². The number of hydrogen-bond donors (Lipinski definition) is 0. The molecule has 0 saturated heterocycles. The van der Waals surface area contributed by atoms with Crippen molar-refractivity contribution >= 4 is 60.9 Å². The molecule has 0 aliphatic carbocycles. The molecule has 58 heavy (non-hydrogen) atoms. The van der Waals surface area contributed by atoms with E-state index in [4.69, 9.17) is 13.6 Å². The van der Waals surface area contributed by atoms with E-state index in [9.17, 15) is 0 Å². The van der Waals surface area contributed by atoms with E-state index in [1.165, 1.54) is 0 Å². The molecule has 0 spiro atoms. The molecule has 0 atom stereocenters. The van der Waals surface area contributed by atoms with Crippen molar-refractivity contribution in [2.75, 3.05) is 4.90 Å². The standard InChI is InChI=1S/C54H35NO3/c1-2-12-44(13-3-1)56-45-31-24-37(25-32-45)36-20-27-41(28-21-36)55(42-29-22-38(23-30-42)46-16-9-17-49-47-14-4-7-19-52(47)58-54(46)49)43-11-8-10-39(34-43)40-26-33-53-50(35-40)48-15-5-6-18-51(48)57-53/h1-35H. The van der Waals surface area contributed by atoms with Crippen molar-refractivity contribution in [3.8, 4) is 44.9 Å². The number of para-hydroxylation sites is 4. The summed E-state index contributed by atoms with van der Waals surface area (Å²) in [6.07, 6.45) is 0. The summed E-state index contributed by atoms with van der Waals surface area (Å²) in [5.74, 6) is 1.62. The third kappa shape index (κ3) is 6.05. The Balaban J connectivity index is 0.971. The average molecular weight is 746 g/mol. The predicted molar refractivity (Wildman–Crippen MR) is 239 cm³/mol. The van der Waals surface area contributed by atoms with Gasteiger partial charge in [-0.2, -0.15) is 0 Å². The number of anilines is 3. The van der Waals surface area contributed by atoms with Crippen LogP contribution in [0.15, 0.2) is 221 Å². The van der Waals surface area contributed by atoms with Crippen molar-refractivity contribution in [2.24, 2.45) is 0 Å². The van der Waals surface area contributed by atoms with Crippen molar-refractivity contribution in [1.82, 2.24) is 0 Å². The molecule has 2 heterocycles. The van der Waals surface area contributed by atoms with Gasteiger partial charge in [0, 0.05) is 44.2 Å². The van der Waals surface area contributed by atoms with Crippen LogP contribution in [0.5, 0.6) is 11.5 Å². The summed E-state index contributed by atoms with van der Waals surface area (Å²) in [5, 5.41) is 4.48. The maximum absolute atomic E-state index is 6.41. The zero-order valence-corrected chi connectivity index (χ0v) is 31.4. The van der Waals surface area contributed by atoms with Crippen molar-refractivity contribution in [1.29, 1.82) is 0 Å². The lowest BCUT2D eigenvalue weighted by Crippen LogP contribution is -2.10. The molecule has 0 aliphatic rings. The third-order valence-corrected chi connectivity index (χ3v) is 10.9. The number of ether oxygens (including phenoxy) is 1. The second-order valence-corrected chi connectivity index (χ2v) is 14.5. The zero-order chi connectivity index (χ0) is 38.4. The fraction of sp³-hybridized carbons (Fsp3) is 0. The number of rotatable bonds is 8. The molecule has 9 aromatic carbocycles. The summed E-state index contributed by atoms with van der Waals surface area (Å²) < 4.78 is 18.6. The molecule has 0 N–H and O–H groups in total. The van der Waals surface area contributed by atoms with Gasteiger partial charge < -0.3 is 18.5 Å². The molecule has 0 saturated carbocycles. The van der Waals surface area contributed by atoms with E-state index in [1.54, 1.807) is 0 Å². The summed E-state index contributed by atoms with van der Waals surface area (Å²) in [5.41, 5.74) is 13.4. The number of nitrogens with zero attached hydrogens (tertiary/aromatic N) is 1. The normalized spacial score (nSPS) is 11.4. The molecule has 0 bridgehead atoms. The van der Waals surface area contributed by atoms with Gasteiger partial charge in [0.1, 0.15) is 33.8 Å². The lowest BCUT2D eigenvalue weighted by atomic mass is 10.0. The van der Waals surface area contributed by atoms with Gasteiger partial charge in [-0.25, -0.2) is 0 Å². The van der Waals surface area contributed by atoms with Gasteiger partial charge in [-0.05, 0) is 113 Å². The molecule has 11 rings (SSSR count). The Morgan fingerprint density at radius 1 is 0.310 bits per heavy atom. The van der Waals surface area contributed by atoms with Crippen LogP contribution in [0.25, 0.3) is 77.3 Å². The van der Waals surface area contributed by atoms with Crippen molar-refractivity contribution in [3.63, 3.8) is 0 Å². The topological polar surface area (TPSA) is 38.8 Å². The highest BCUT2D eigenvalue weighted by Gasteiger charge is 2.17. The van der Waals surface area contributed by atoms with Gasteiger partial charge in [-0.3, -0.25) is 0 Å². The van der Waals surface area contributed by atoms with E-state index in [-0.39, 0.29) is 0 Å². The number of fused-ring (bicyclic) bond motifs is 6. The minimum atomic E-state index is 0.803. The lowest BCUT2D eigenvalue weighted by molar-refractivity contribution is 0.483. The van der Waals surface area contributed by atoms with Gasteiger partial charge >= 0.3 is 0 Å². The molecular formula is C54H35NO3. The summed E-state index contributed by atoms with van der Waals surface area (Å²) >= 11 is 0. The van der Waals surface area contributed by atoms with Gasteiger partial charge in [0.15, 0.2) is 0 Å². The molecule has 11 aromatic rings. The molecule has 4 nitrogen and oxygen atoms in total. The first kappa shape index (κ1) is 33.5. The Kier molecular flexibility index (Phi) is 8.11. The second-order valence-electron chi connectivity index (χ2n) is 14.5. The first-order chi connectivity index (χ1) is 28.7. The quantitative estimate of drug-likeness (QED) is 0.155. The van der Waals surface area contributed by atoms with E-state index < -0.39 is 0 Å². The molecule has 0 radical (unpaired) electrons. The summed E-state index contributed by atoms with van der Waals surface area (Å²) in [6, 6.07) is 73.7. The highest BCUT2D eigenvalue weighted by atomic mass is 16.5. The maximum atomic E-state index is 6.41. The van der Waals surface area contributed by atoms with Gasteiger partial charge in [0.25, 0.3) is 0 Å². The smallest absolute Gasteiger partial charge is 0.143 e. The molecule has 0 fully saturated rings. The van der Waals surface area contributed by atoms with Crippen LogP contribution in [-0.2, 0) is 0 Å². The Morgan fingerprint density at radius 3 is 1.59 bits per heavy atom. The molecule has 4 heteroatoms. The van der Waals surface area contributed by atoms with Crippen LogP contribution in [0, 0.1) is 0 Å². The maximum Gasteiger partial charge on any atom is 0.143 e. The van der Waals surface area contributed by atoms with Crippen LogP contribution in [-0.4, -0.2) is 0 Å².